The van der Waals surface area contributed by atoms with E-state index in [0.29, 0.717) is 49.8 Å². The van der Waals surface area contributed by atoms with Gasteiger partial charge in [-0.15, -0.1) is 9.98 Å². The molecule has 21 nitrogen and oxygen atoms in total. The summed E-state index contributed by atoms with van der Waals surface area (Å²) < 4.78 is 38.9. The number of carbonyl (C=O) groups is 6. The first kappa shape index (κ1) is 62.0. The Kier molecular flexibility index (Phi) is 23.8. The van der Waals surface area contributed by atoms with Crippen molar-refractivity contribution in [3.63, 3.8) is 0 Å². The molecule has 0 aliphatic rings. The molecule has 0 radical (unpaired) electrons. The molecule has 4 N–H and O–H groups in total. The molecular formula is C49H82N8O13. The van der Waals surface area contributed by atoms with Crippen LogP contribution in [-0.2, 0) is 39.8 Å². The van der Waals surface area contributed by atoms with Crippen LogP contribution in [0.2, 0.25) is 0 Å². The summed E-state index contributed by atoms with van der Waals surface area (Å²) in [5.74, 6) is -0.669. The van der Waals surface area contributed by atoms with Gasteiger partial charge in [0.1, 0.15) is 39.4 Å². The van der Waals surface area contributed by atoms with E-state index < -0.39 is 70.2 Å². The van der Waals surface area contributed by atoms with Crippen molar-refractivity contribution >= 4 is 54.3 Å². The number of alkyl carbamates (subject to hydrolysis) is 2. The molecule has 0 saturated carbocycles. The molecule has 0 aromatic heterocycles. The first-order chi connectivity index (χ1) is 31.8. The maximum absolute atomic E-state index is 14.1. The smallest absolute Gasteiger partial charge is 0.437 e. The van der Waals surface area contributed by atoms with Gasteiger partial charge in [-0.2, -0.15) is 0 Å². The Morgan fingerprint density at radius 3 is 1.40 bits per heavy atom. The van der Waals surface area contributed by atoms with Gasteiger partial charge < -0.3 is 38.5 Å². The van der Waals surface area contributed by atoms with E-state index in [4.69, 9.17) is 38.6 Å². The lowest BCUT2D eigenvalue weighted by molar-refractivity contribution is 0.0223. The molecule has 0 bridgehead atoms. The fraction of sp³-hybridized carbons (Fsp3) is 0.694. The minimum atomic E-state index is -1.07. The number of amides is 6. The number of nitrogens with zero attached hydrogens (tertiary/aromatic N) is 4. The second-order valence-electron chi connectivity index (χ2n) is 22.2. The van der Waals surface area contributed by atoms with E-state index in [9.17, 15) is 28.8 Å². The quantitative estimate of drug-likeness (QED) is 0.0585. The molecule has 0 saturated heterocycles. The molecule has 0 aliphatic heterocycles. The molecule has 0 aliphatic carbocycles. The number of aliphatic imine (C=N–C) groups is 2. The molecule has 396 valence electrons. The number of carbonyl (C=O) groups excluding carboxylic acids is 6. The summed E-state index contributed by atoms with van der Waals surface area (Å²) in [6.45, 7) is 30.4. The van der Waals surface area contributed by atoms with Crippen molar-refractivity contribution in [3.05, 3.63) is 35.4 Å². The molecule has 0 fully saturated rings. The van der Waals surface area contributed by atoms with E-state index in [0.717, 1.165) is 9.80 Å². The Balaban J connectivity index is 3.35. The van der Waals surface area contributed by atoms with Gasteiger partial charge in [-0.25, -0.2) is 38.6 Å². The maximum atomic E-state index is 14.1. The number of benzene rings is 1. The zero-order valence-corrected chi connectivity index (χ0v) is 45.0. The van der Waals surface area contributed by atoms with Crippen LogP contribution in [-0.4, -0.2) is 124 Å². The predicted molar refractivity (Wildman–Crippen MR) is 266 cm³/mol. The predicted octanol–water partition coefficient (Wildman–Crippen LogP) is 10.2. The SMILES string of the molecule is CC(C)(C)OC(=O)/N=C(/N(CCCCCCCN/C(=N\C(=O)OC(C)(C)C)NC(=O)OC(C)(C)C)C(=O)OC(C)(C)C)N(CCOCc1ccc(C(=N)NC(=O)OC(C)(C)C)cc1)C(=O)OC(C)(C)C. The zero-order chi connectivity index (χ0) is 53.9. The van der Waals surface area contributed by atoms with Crippen LogP contribution in [0.5, 0.6) is 0 Å². The van der Waals surface area contributed by atoms with Crippen molar-refractivity contribution in [2.24, 2.45) is 9.98 Å². The number of guanidine groups is 2. The minimum Gasteiger partial charge on any atom is -0.444 e. The summed E-state index contributed by atoms with van der Waals surface area (Å²) >= 11 is 0. The first-order valence-corrected chi connectivity index (χ1v) is 23.5. The fourth-order valence-electron chi connectivity index (χ4n) is 5.42. The highest BCUT2D eigenvalue weighted by Crippen LogP contribution is 2.19. The third-order valence-corrected chi connectivity index (χ3v) is 7.96. The monoisotopic (exact) mass is 991 g/mol. The van der Waals surface area contributed by atoms with E-state index in [1.165, 1.54) is 0 Å². The maximum Gasteiger partial charge on any atom is 0.437 e. The molecule has 1 aromatic rings. The van der Waals surface area contributed by atoms with E-state index in [1.807, 2.05) is 0 Å². The van der Waals surface area contributed by atoms with Gasteiger partial charge in [0.25, 0.3) is 0 Å². The number of hydrogen-bond acceptors (Lipinski definition) is 14. The summed E-state index contributed by atoms with van der Waals surface area (Å²) in [4.78, 5) is 89.0. The topological polar surface area (TPSA) is 258 Å². The highest BCUT2D eigenvalue weighted by molar-refractivity contribution is 6.05. The molecule has 0 spiro atoms. The lowest BCUT2D eigenvalue weighted by Crippen LogP contribution is -2.53. The Bertz CT molecular complexity index is 1980. The standard InChI is InChI=1S/C49H82N8O13/c1-44(2,3)65-38(58)52-35(50)34-26-24-33(25-27-34)32-64-31-30-57(43(63)70-49(16,17)18)37(55-41(61)68-47(10,11)12)56(42(62)69-48(13,14)15)29-23-21-19-20-22-28-51-36(53-39(59)66-45(4,5)6)54-40(60)67-46(7,8)9/h24-27H,19-23,28-32H2,1-18H3,(H2,50,52,58)(H2,51,53,54,59,60)/b55-37-. The van der Waals surface area contributed by atoms with Gasteiger partial charge in [0.15, 0.2) is 0 Å². The Labute approximate surface area is 415 Å². The van der Waals surface area contributed by atoms with Crippen LogP contribution >= 0.6 is 0 Å². The molecule has 0 atom stereocenters. The van der Waals surface area contributed by atoms with Crippen molar-refractivity contribution in [3.8, 4) is 0 Å². The van der Waals surface area contributed by atoms with Gasteiger partial charge in [0.2, 0.25) is 11.9 Å². The van der Waals surface area contributed by atoms with E-state index in [1.54, 1.807) is 149 Å². The van der Waals surface area contributed by atoms with E-state index >= 15 is 0 Å². The number of ether oxygens (including phenoxy) is 7. The number of unbranched alkanes of at least 4 members (excludes halogenated alkanes) is 4. The number of hydrogen-bond donors (Lipinski definition) is 4. The molecule has 21 heteroatoms. The average Bonchev–Trinajstić information content (AvgIpc) is 3.12. The van der Waals surface area contributed by atoms with Gasteiger partial charge in [-0.3, -0.25) is 16.0 Å². The van der Waals surface area contributed by atoms with Crippen LogP contribution < -0.4 is 16.0 Å². The zero-order valence-electron chi connectivity index (χ0n) is 45.0. The largest absolute Gasteiger partial charge is 0.444 e. The third-order valence-electron chi connectivity index (χ3n) is 7.96. The Hall–Kier alpha value is -5.99. The fourth-order valence-corrected chi connectivity index (χ4v) is 5.42. The van der Waals surface area contributed by atoms with Crippen LogP contribution in [0.15, 0.2) is 34.3 Å². The third kappa shape index (κ3) is 29.8. The summed E-state index contributed by atoms with van der Waals surface area (Å²) in [6, 6.07) is 6.70. The molecule has 0 heterocycles. The van der Waals surface area contributed by atoms with Crippen molar-refractivity contribution in [1.29, 1.82) is 5.41 Å². The highest BCUT2D eigenvalue weighted by Gasteiger charge is 2.35. The van der Waals surface area contributed by atoms with Gasteiger partial charge in [-0.1, -0.05) is 43.5 Å². The summed E-state index contributed by atoms with van der Waals surface area (Å²) in [6.07, 6.45) is -2.41. The van der Waals surface area contributed by atoms with Crippen LogP contribution in [0, 0.1) is 5.41 Å². The molecule has 70 heavy (non-hydrogen) atoms. The van der Waals surface area contributed by atoms with E-state index in [2.05, 4.69) is 25.9 Å². The number of amidine groups is 1. The molecule has 1 rings (SSSR count). The van der Waals surface area contributed by atoms with Crippen LogP contribution in [0.1, 0.15) is 168 Å². The lowest BCUT2D eigenvalue weighted by Gasteiger charge is -2.34. The first-order valence-electron chi connectivity index (χ1n) is 23.5. The summed E-state index contributed by atoms with van der Waals surface area (Å²) in [7, 11) is 0. The average molecular weight is 991 g/mol. The Morgan fingerprint density at radius 2 is 0.929 bits per heavy atom. The van der Waals surface area contributed by atoms with Gasteiger partial charge in [-0.05, 0) is 143 Å². The normalized spacial score (nSPS) is 12.8. The van der Waals surface area contributed by atoms with Crippen LogP contribution in [0.25, 0.3) is 0 Å². The lowest BCUT2D eigenvalue weighted by atomic mass is 10.1. The van der Waals surface area contributed by atoms with Gasteiger partial charge in [0.05, 0.1) is 19.8 Å². The molecular weight excluding hydrogens is 909 g/mol. The summed E-state index contributed by atoms with van der Waals surface area (Å²) in [5, 5.41) is 16.1. The van der Waals surface area contributed by atoms with Crippen LogP contribution in [0.3, 0.4) is 0 Å². The second kappa shape index (κ2) is 26.8. The van der Waals surface area contributed by atoms with Crippen molar-refractivity contribution in [1.82, 2.24) is 25.8 Å². The van der Waals surface area contributed by atoms with Gasteiger partial charge in [0, 0.05) is 18.7 Å². The number of rotatable bonds is 14. The van der Waals surface area contributed by atoms with Crippen molar-refractivity contribution < 1.29 is 61.9 Å². The molecule has 0 unspecified atom stereocenters. The second-order valence-corrected chi connectivity index (χ2v) is 22.2. The van der Waals surface area contributed by atoms with E-state index in [-0.39, 0.29) is 44.1 Å². The Morgan fingerprint density at radius 1 is 0.514 bits per heavy atom. The minimum absolute atomic E-state index is 0.0361. The highest BCUT2D eigenvalue weighted by atomic mass is 16.6. The number of nitrogens with one attached hydrogen (secondary N) is 4. The van der Waals surface area contributed by atoms with Crippen LogP contribution in [0.4, 0.5) is 28.8 Å². The molecule has 6 amide bonds. The van der Waals surface area contributed by atoms with Crippen molar-refractivity contribution in [2.45, 2.75) is 197 Å². The summed E-state index contributed by atoms with van der Waals surface area (Å²) in [5.41, 5.74) is -4.16. The van der Waals surface area contributed by atoms with Gasteiger partial charge >= 0.3 is 36.6 Å². The molecule has 1 aromatic carbocycles. The van der Waals surface area contributed by atoms with Crippen molar-refractivity contribution in [2.75, 3.05) is 26.2 Å².